The Hall–Kier alpha value is -1.76. The second kappa shape index (κ2) is 8.19. The van der Waals surface area contributed by atoms with Crippen molar-refractivity contribution < 1.29 is 14.6 Å². The quantitative estimate of drug-likeness (QED) is 0.570. The van der Waals surface area contributed by atoms with E-state index in [1.165, 1.54) is 24.4 Å². The molecule has 0 heterocycles. The van der Waals surface area contributed by atoms with Gasteiger partial charge in [-0.2, -0.15) is 5.10 Å². The maximum atomic E-state index is 11.7. The number of ether oxygens (including phenoxy) is 1. The fraction of sp³-hybridized carbons (Fsp3) is 0.0667. The Balaban J connectivity index is 1.87. The Morgan fingerprint density at radius 3 is 2.83 bits per heavy atom. The topological polar surface area (TPSA) is 70.9 Å². The lowest BCUT2D eigenvalue weighted by molar-refractivity contribution is -0.123. The summed E-state index contributed by atoms with van der Waals surface area (Å²) < 4.78 is 6.01. The van der Waals surface area contributed by atoms with E-state index in [2.05, 4.69) is 26.5 Å². The van der Waals surface area contributed by atoms with Crippen molar-refractivity contribution in [2.24, 2.45) is 5.10 Å². The molecule has 0 aromatic heterocycles. The van der Waals surface area contributed by atoms with E-state index in [1.54, 1.807) is 18.2 Å². The standard InChI is InChI=1S/C15H11BrCl2N2O3/c16-12-3-2-11(21)5-9(12)7-19-20-15(22)8-23-14-4-1-10(17)6-13(14)18/h1-7,21H,8H2,(H,20,22). The third-order valence-electron chi connectivity index (χ3n) is 2.63. The zero-order valence-electron chi connectivity index (χ0n) is 11.6. The number of carbonyl (C=O) groups excluding carboxylic acids is 1. The number of hydrogen-bond donors (Lipinski definition) is 2. The zero-order valence-corrected chi connectivity index (χ0v) is 14.7. The molecular weight excluding hydrogens is 407 g/mol. The molecule has 0 saturated heterocycles. The van der Waals surface area contributed by atoms with Crippen LogP contribution in [0.2, 0.25) is 10.0 Å². The molecule has 23 heavy (non-hydrogen) atoms. The minimum atomic E-state index is -0.455. The van der Waals surface area contributed by atoms with Gasteiger partial charge in [0.05, 0.1) is 11.2 Å². The lowest BCUT2D eigenvalue weighted by atomic mass is 10.2. The van der Waals surface area contributed by atoms with Gasteiger partial charge in [-0.1, -0.05) is 39.1 Å². The highest BCUT2D eigenvalue weighted by Gasteiger charge is 2.06. The summed E-state index contributed by atoms with van der Waals surface area (Å²) in [5.74, 6) is -0.00356. The second-order valence-corrected chi connectivity index (χ2v) is 6.06. The lowest BCUT2D eigenvalue weighted by Gasteiger charge is -2.07. The number of halogens is 3. The highest BCUT2D eigenvalue weighted by molar-refractivity contribution is 9.10. The smallest absolute Gasteiger partial charge is 0.277 e. The van der Waals surface area contributed by atoms with Crippen molar-refractivity contribution in [2.45, 2.75) is 0 Å². The predicted molar refractivity (Wildman–Crippen MR) is 93.5 cm³/mol. The number of phenols is 1. The van der Waals surface area contributed by atoms with E-state index in [0.29, 0.717) is 21.4 Å². The molecule has 2 aromatic rings. The summed E-state index contributed by atoms with van der Waals surface area (Å²) in [5, 5.41) is 14.0. The van der Waals surface area contributed by atoms with Gasteiger partial charge in [0, 0.05) is 15.1 Å². The van der Waals surface area contributed by atoms with Crippen molar-refractivity contribution in [3.8, 4) is 11.5 Å². The molecule has 0 radical (unpaired) electrons. The minimum Gasteiger partial charge on any atom is -0.508 e. The van der Waals surface area contributed by atoms with Crippen molar-refractivity contribution in [3.63, 3.8) is 0 Å². The average Bonchev–Trinajstić information content (AvgIpc) is 2.50. The van der Waals surface area contributed by atoms with Gasteiger partial charge in [-0.25, -0.2) is 5.43 Å². The first-order valence-corrected chi connectivity index (χ1v) is 7.89. The number of hydrogen-bond acceptors (Lipinski definition) is 4. The first kappa shape index (κ1) is 17.6. The summed E-state index contributed by atoms with van der Waals surface area (Å²) in [7, 11) is 0. The van der Waals surface area contributed by atoms with Crippen LogP contribution in [0, 0.1) is 0 Å². The van der Waals surface area contributed by atoms with Crippen LogP contribution >= 0.6 is 39.1 Å². The fourth-order valence-corrected chi connectivity index (χ4v) is 2.38. The molecule has 0 saturated carbocycles. The van der Waals surface area contributed by atoms with Gasteiger partial charge in [0.2, 0.25) is 0 Å². The molecule has 5 nitrogen and oxygen atoms in total. The van der Waals surface area contributed by atoms with Gasteiger partial charge < -0.3 is 9.84 Å². The SMILES string of the molecule is O=C(COc1ccc(Cl)cc1Cl)NN=Cc1cc(O)ccc1Br. The number of hydrazone groups is 1. The van der Waals surface area contributed by atoms with Crippen molar-refractivity contribution in [1.82, 2.24) is 5.43 Å². The number of amides is 1. The first-order chi connectivity index (χ1) is 11.0. The van der Waals surface area contributed by atoms with Crippen LogP contribution in [0.25, 0.3) is 0 Å². The number of nitrogens with zero attached hydrogens (tertiary/aromatic N) is 1. The number of benzene rings is 2. The Morgan fingerprint density at radius 1 is 1.30 bits per heavy atom. The summed E-state index contributed by atoms with van der Waals surface area (Å²) in [6.45, 7) is -0.250. The van der Waals surface area contributed by atoms with Crippen molar-refractivity contribution in [2.75, 3.05) is 6.61 Å². The van der Waals surface area contributed by atoms with Crippen LogP contribution < -0.4 is 10.2 Å². The van der Waals surface area contributed by atoms with Crippen LogP contribution in [-0.4, -0.2) is 23.8 Å². The van der Waals surface area contributed by atoms with Gasteiger partial charge in [-0.05, 0) is 36.4 Å². The van der Waals surface area contributed by atoms with Gasteiger partial charge in [-0.15, -0.1) is 0 Å². The highest BCUT2D eigenvalue weighted by atomic mass is 79.9. The summed E-state index contributed by atoms with van der Waals surface area (Å²) in [6.07, 6.45) is 1.40. The molecular formula is C15H11BrCl2N2O3. The maximum absolute atomic E-state index is 11.7. The predicted octanol–water partition coefficient (Wildman–Crippen LogP) is 3.99. The monoisotopic (exact) mass is 416 g/mol. The molecule has 2 rings (SSSR count). The number of aromatic hydroxyl groups is 1. The lowest BCUT2D eigenvalue weighted by Crippen LogP contribution is -2.24. The summed E-state index contributed by atoms with van der Waals surface area (Å²) in [6, 6.07) is 9.41. The second-order valence-electron chi connectivity index (χ2n) is 4.36. The summed E-state index contributed by atoms with van der Waals surface area (Å²) in [4.78, 5) is 11.7. The highest BCUT2D eigenvalue weighted by Crippen LogP contribution is 2.27. The number of nitrogens with one attached hydrogen (secondary N) is 1. The van der Waals surface area contributed by atoms with Gasteiger partial charge in [0.1, 0.15) is 11.5 Å². The Morgan fingerprint density at radius 2 is 2.09 bits per heavy atom. The average molecular weight is 418 g/mol. The van der Waals surface area contributed by atoms with Crippen LogP contribution in [-0.2, 0) is 4.79 Å². The molecule has 0 aliphatic rings. The molecule has 1 amide bonds. The fourth-order valence-electron chi connectivity index (χ4n) is 1.57. The van der Waals surface area contributed by atoms with Gasteiger partial charge in [-0.3, -0.25) is 4.79 Å². The van der Waals surface area contributed by atoms with E-state index in [4.69, 9.17) is 27.9 Å². The van der Waals surface area contributed by atoms with Gasteiger partial charge in [0.25, 0.3) is 5.91 Å². The van der Waals surface area contributed by atoms with E-state index >= 15 is 0 Å². The molecule has 8 heteroatoms. The Labute approximate surface area is 151 Å². The van der Waals surface area contributed by atoms with Crippen molar-refractivity contribution >= 4 is 51.3 Å². The third-order valence-corrected chi connectivity index (χ3v) is 3.88. The van der Waals surface area contributed by atoms with Crippen LogP contribution in [0.5, 0.6) is 11.5 Å². The van der Waals surface area contributed by atoms with E-state index in [1.807, 2.05) is 0 Å². The first-order valence-electron chi connectivity index (χ1n) is 6.34. The normalized spacial score (nSPS) is 10.7. The van der Waals surface area contributed by atoms with E-state index in [-0.39, 0.29) is 12.4 Å². The molecule has 0 atom stereocenters. The van der Waals surface area contributed by atoms with E-state index in [0.717, 1.165) is 4.47 Å². The molecule has 0 fully saturated rings. The van der Waals surface area contributed by atoms with Crippen LogP contribution in [0.15, 0.2) is 46.0 Å². The number of carbonyl (C=O) groups is 1. The maximum Gasteiger partial charge on any atom is 0.277 e. The molecule has 0 unspecified atom stereocenters. The van der Waals surface area contributed by atoms with Crippen molar-refractivity contribution in [1.29, 1.82) is 0 Å². The van der Waals surface area contributed by atoms with Crippen LogP contribution in [0.4, 0.5) is 0 Å². The molecule has 2 aromatic carbocycles. The Bertz CT molecular complexity index is 753. The molecule has 0 aliphatic heterocycles. The molecule has 120 valence electrons. The number of phenolic OH excluding ortho intramolecular Hbond substituents is 1. The Kier molecular flexibility index (Phi) is 6.27. The van der Waals surface area contributed by atoms with Crippen LogP contribution in [0.3, 0.4) is 0 Å². The van der Waals surface area contributed by atoms with Crippen LogP contribution in [0.1, 0.15) is 5.56 Å². The third kappa shape index (κ3) is 5.42. The van der Waals surface area contributed by atoms with Gasteiger partial charge >= 0.3 is 0 Å². The summed E-state index contributed by atoms with van der Waals surface area (Å²) in [5.41, 5.74) is 2.93. The molecule has 0 aliphatic carbocycles. The molecule has 0 bridgehead atoms. The zero-order chi connectivity index (χ0) is 16.8. The molecule has 0 spiro atoms. The largest absolute Gasteiger partial charge is 0.508 e. The molecule has 2 N–H and O–H groups in total. The van der Waals surface area contributed by atoms with E-state index < -0.39 is 5.91 Å². The van der Waals surface area contributed by atoms with E-state index in [9.17, 15) is 9.90 Å². The minimum absolute atomic E-state index is 0.0988. The summed E-state index contributed by atoms with van der Waals surface area (Å²) >= 11 is 15.0. The van der Waals surface area contributed by atoms with Gasteiger partial charge in [0.15, 0.2) is 6.61 Å². The van der Waals surface area contributed by atoms with Crippen molar-refractivity contribution in [3.05, 3.63) is 56.5 Å². The number of rotatable bonds is 5.